The van der Waals surface area contributed by atoms with Gasteiger partial charge in [0.15, 0.2) is 9.84 Å². The molecule has 1 heterocycles. The maximum atomic E-state index is 13.1. The van der Waals surface area contributed by atoms with Crippen LogP contribution in [0.15, 0.2) is 30.3 Å². The van der Waals surface area contributed by atoms with Crippen LogP contribution in [0, 0.1) is 0 Å². The van der Waals surface area contributed by atoms with E-state index >= 15 is 0 Å². The fourth-order valence-electron chi connectivity index (χ4n) is 2.49. The first kappa shape index (κ1) is 16.8. The zero-order valence-electron chi connectivity index (χ0n) is 11.6. The van der Waals surface area contributed by atoms with Crippen LogP contribution >= 0.6 is 0 Å². The Bertz CT molecular complexity index is 628. The van der Waals surface area contributed by atoms with Crippen molar-refractivity contribution >= 4 is 15.7 Å². The second-order valence-corrected chi connectivity index (χ2v) is 7.61. The van der Waals surface area contributed by atoms with Gasteiger partial charge in [-0.15, -0.1) is 0 Å². The fourth-order valence-corrected chi connectivity index (χ4v) is 4.16. The van der Waals surface area contributed by atoms with E-state index in [1.54, 1.807) is 6.07 Å². The number of hydrogen-bond acceptors (Lipinski definition) is 3. The highest BCUT2D eigenvalue weighted by atomic mass is 32.2. The van der Waals surface area contributed by atoms with Crippen molar-refractivity contribution < 1.29 is 26.4 Å². The first-order valence-corrected chi connectivity index (χ1v) is 8.61. The third-order valence-electron chi connectivity index (χ3n) is 3.58. The van der Waals surface area contributed by atoms with Crippen molar-refractivity contribution in [1.82, 2.24) is 5.32 Å². The molecule has 0 aromatic heterocycles. The molecule has 2 rings (SSSR count). The Morgan fingerprint density at radius 3 is 2.41 bits per heavy atom. The van der Waals surface area contributed by atoms with Gasteiger partial charge in [-0.25, -0.2) is 8.42 Å². The maximum Gasteiger partial charge on any atom is 0.396 e. The molecule has 1 fully saturated rings. The molecule has 0 aliphatic carbocycles. The molecule has 1 saturated heterocycles. The van der Waals surface area contributed by atoms with E-state index in [1.165, 1.54) is 24.3 Å². The van der Waals surface area contributed by atoms with Crippen LogP contribution in [0.25, 0.3) is 0 Å². The number of nitrogens with one attached hydrogen (secondary N) is 1. The Morgan fingerprint density at radius 2 is 1.91 bits per heavy atom. The Kier molecular flexibility index (Phi) is 4.79. The molecule has 0 bridgehead atoms. The monoisotopic (exact) mass is 335 g/mol. The quantitative estimate of drug-likeness (QED) is 0.916. The molecular weight excluding hydrogens is 319 g/mol. The summed E-state index contributed by atoms with van der Waals surface area (Å²) in [6, 6.07) is 6.62. The van der Waals surface area contributed by atoms with E-state index in [9.17, 15) is 26.4 Å². The Morgan fingerprint density at radius 1 is 1.27 bits per heavy atom. The Hall–Kier alpha value is -1.57. The summed E-state index contributed by atoms with van der Waals surface area (Å²) in [6.45, 7) is 0. The molecule has 1 aliphatic heterocycles. The molecule has 4 nitrogen and oxygen atoms in total. The van der Waals surface area contributed by atoms with Crippen molar-refractivity contribution in [1.29, 1.82) is 0 Å². The van der Waals surface area contributed by atoms with Crippen LogP contribution in [0.2, 0.25) is 0 Å². The number of benzene rings is 1. The van der Waals surface area contributed by atoms with E-state index in [-0.39, 0.29) is 23.5 Å². The zero-order valence-corrected chi connectivity index (χ0v) is 12.5. The van der Waals surface area contributed by atoms with Crippen LogP contribution in [0.1, 0.15) is 24.3 Å². The molecule has 0 spiro atoms. The third-order valence-corrected chi connectivity index (χ3v) is 5.35. The molecule has 8 heteroatoms. The van der Waals surface area contributed by atoms with Gasteiger partial charge in [0.05, 0.1) is 17.4 Å². The van der Waals surface area contributed by atoms with E-state index in [4.69, 9.17) is 0 Å². The molecule has 0 unspecified atom stereocenters. The number of hydrogen-bond donors (Lipinski definition) is 1. The van der Waals surface area contributed by atoms with Gasteiger partial charge in [0, 0.05) is 12.5 Å². The summed E-state index contributed by atoms with van der Waals surface area (Å²) in [5.74, 6) is -2.93. The van der Waals surface area contributed by atoms with Crippen molar-refractivity contribution in [3.63, 3.8) is 0 Å². The van der Waals surface area contributed by atoms with Crippen molar-refractivity contribution in [2.24, 2.45) is 0 Å². The lowest BCUT2D eigenvalue weighted by Crippen LogP contribution is -2.38. The zero-order chi connectivity index (χ0) is 16.4. The predicted octanol–water partition coefficient (Wildman–Crippen LogP) is 2.03. The lowest BCUT2D eigenvalue weighted by molar-refractivity contribution is -0.157. The van der Waals surface area contributed by atoms with Gasteiger partial charge in [0.1, 0.15) is 0 Å². The highest BCUT2D eigenvalue weighted by Gasteiger charge is 2.42. The second-order valence-electron chi connectivity index (χ2n) is 5.38. The molecule has 1 aromatic carbocycles. The van der Waals surface area contributed by atoms with Crippen molar-refractivity contribution in [2.75, 3.05) is 11.5 Å². The molecular formula is C14H16F3NO3S. The first-order valence-electron chi connectivity index (χ1n) is 6.79. The van der Waals surface area contributed by atoms with E-state index in [0.29, 0.717) is 0 Å². The van der Waals surface area contributed by atoms with E-state index in [0.717, 1.165) is 0 Å². The molecule has 22 heavy (non-hydrogen) atoms. The van der Waals surface area contributed by atoms with Crippen molar-refractivity contribution in [2.45, 2.75) is 31.0 Å². The van der Waals surface area contributed by atoms with Gasteiger partial charge in [-0.05, 0) is 12.0 Å². The van der Waals surface area contributed by atoms with Crippen LogP contribution < -0.4 is 5.32 Å². The summed E-state index contributed by atoms with van der Waals surface area (Å²) < 4.78 is 62.0. The average molecular weight is 335 g/mol. The molecule has 0 saturated carbocycles. The highest BCUT2D eigenvalue weighted by Crippen LogP contribution is 2.37. The van der Waals surface area contributed by atoms with Crippen LogP contribution in [0.5, 0.6) is 0 Å². The SMILES string of the molecule is O=C(C[C@H](c1ccccc1)C(F)(F)F)N[C@H]1CCS(=O)(=O)C1. The number of halogens is 3. The molecule has 1 aliphatic rings. The molecule has 122 valence electrons. The van der Waals surface area contributed by atoms with Crippen LogP contribution in [0.4, 0.5) is 13.2 Å². The number of carbonyl (C=O) groups excluding carboxylic acids is 1. The lowest BCUT2D eigenvalue weighted by atomic mass is 9.94. The Balaban J connectivity index is 2.04. The normalized spacial score (nSPS) is 22.2. The number of rotatable bonds is 4. The predicted molar refractivity (Wildman–Crippen MR) is 75.1 cm³/mol. The smallest absolute Gasteiger partial charge is 0.352 e. The number of amides is 1. The van der Waals surface area contributed by atoms with Gasteiger partial charge in [-0.2, -0.15) is 13.2 Å². The van der Waals surface area contributed by atoms with Gasteiger partial charge < -0.3 is 5.32 Å². The maximum absolute atomic E-state index is 13.1. The van der Waals surface area contributed by atoms with E-state index < -0.39 is 40.3 Å². The highest BCUT2D eigenvalue weighted by molar-refractivity contribution is 7.91. The average Bonchev–Trinajstić information content (AvgIpc) is 2.75. The lowest BCUT2D eigenvalue weighted by Gasteiger charge is -2.21. The minimum Gasteiger partial charge on any atom is -0.352 e. The van der Waals surface area contributed by atoms with Crippen LogP contribution in [-0.4, -0.2) is 38.0 Å². The minimum absolute atomic E-state index is 0.0178. The second kappa shape index (κ2) is 6.28. The molecule has 1 amide bonds. The number of sulfone groups is 1. The van der Waals surface area contributed by atoms with Gasteiger partial charge >= 0.3 is 6.18 Å². The summed E-state index contributed by atoms with van der Waals surface area (Å²) in [5, 5.41) is 2.39. The van der Waals surface area contributed by atoms with Crippen molar-refractivity contribution in [3.05, 3.63) is 35.9 Å². The summed E-state index contributed by atoms with van der Waals surface area (Å²) in [6.07, 6.45) is -5.04. The van der Waals surface area contributed by atoms with Crippen LogP contribution in [-0.2, 0) is 14.6 Å². The molecule has 0 radical (unpaired) electrons. The van der Waals surface area contributed by atoms with Gasteiger partial charge in [0.2, 0.25) is 5.91 Å². The molecule has 2 atom stereocenters. The summed E-state index contributed by atoms with van der Waals surface area (Å²) in [7, 11) is -3.19. The Labute approximate surface area is 126 Å². The van der Waals surface area contributed by atoms with Gasteiger partial charge in [-0.3, -0.25) is 4.79 Å². The third kappa shape index (κ3) is 4.46. The molecule has 1 aromatic rings. The summed E-state index contributed by atoms with van der Waals surface area (Å²) in [4.78, 5) is 11.8. The number of alkyl halides is 3. The largest absolute Gasteiger partial charge is 0.396 e. The summed E-state index contributed by atoms with van der Waals surface area (Å²) >= 11 is 0. The standard InChI is InChI=1S/C14H16F3NO3S/c15-14(16,17)12(10-4-2-1-3-5-10)8-13(19)18-11-6-7-22(20,21)9-11/h1-5,11-12H,6-9H2,(H,18,19)/t11-,12+/m0/s1. The van der Waals surface area contributed by atoms with Crippen molar-refractivity contribution in [3.8, 4) is 0 Å². The molecule has 1 N–H and O–H groups in total. The topological polar surface area (TPSA) is 63.2 Å². The van der Waals surface area contributed by atoms with Gasteiger partial charge in [-0.1, -0.05) is 30.3 Å². The summed E-state index contributed by atoms with van der Waals surface area (Å²) in [5.41, 5.74) is 0.0178. The first-order chi connectivity index (χ1) is 10.2. The van der Waals surface area contributed by atoms with E-state index in [1.807, 2.05) is 0 Å². The fraction of sp³-hybridized carbons (Fsp3) is 0.500. The minimum atomic E-state index is -4.54. The van der Waals surface area contributed by atoms with E-state index in [2.05, 4.69) is 5.32 Å². The van der Waals surface area contributed by atoms with Crippen LogP contribution in [0.3, 0.4) is 0 Å². The van der Waals surface area contributed by atoms with Gasteiger partial charge in [0.25, 0.3) is 0 Å². The number of carbonyl (C=O) groups is 1.